The minimum absolute atomic E-state index is 0.0794. The third-order valence-electron chi connectivity index (χ3n) is 6.31. The van der Waals surface area contributed by atoms with E-state index in [4.69, 9.17) is 14.5 Å². The molecular formula is C24H29N5O3. The topological polar surface area (TPSA) is 83.6 Å². The van der Waals surface area contributed by atoms with Crippen LogP contribution in [0.2, 0.25) is 0 Å². The number of anilines is 1. The molecule has 0 saturated carbocycles. The molecule has 1 amide bonds. The molecule has 1 N–H and O–H groups in total. The molecule has 8 nitrogen and oxygen atoms in total. The van der Waals surface area contributed by atoms with Gasteiger partial charge in [-0.1, -0.05) is 6.07 Å². The molecule has 0 aliphatic carbocycles. The number of pyridine rings is 2. The lowest BCUT2D eigenvalue weighted by atomic mass is 10.1. The number of carbonyl (C=O) groups is 1. The highest BCUT2D eigenvalue weighted by Crippen LogP contribution is 2.31. The molecule has 2 aliphatic heterocycles. The molecule has 2 aliphatic rings. The van der Waals surface area contributed by atoms with E-state index in [1.54, 1.807) is 13.1 Å². The quantitative estimate of drug-likeness (QED) is 0.677. The lowest BCUT2D eigenvalue weighted by Gasteiger charge is -2.44. The van der Waals surface area contributed by atoms with Crippen molar-refractivity contribution < 1.29 is 14.3 Å². The second kappa shape index (κ2) is 8.43. The van der Waals surface area contributed by atoms with Crippen LogP contribution in [0.4, 0.5) is 5.82 Å². The summed E-state index contributed by atoms with van der Waals surface area (Å²) in [6.45, 7) is 8.71. The van der Waals surface area contributed by atoms with Crippen LogP contribution in [-0.4, -0.2) is 70.2 Å². The summed E-state index contributed by atoms with van der Waals surface area (Å²) in [5.74, 6) is 1.79. The Morgan fingerprint density at radius 2 is 2.06 bits per heavy atom. The van der Waals surface area contributed by atoms with Crippen molar-refractivity contribution in [1.29, 1.82) is 0 Å². The Kier molecular flexibility index (Phi) is 5.46. The fourth-order valence-corrected chi connectivity index (χ4v) is 4.94. The summed E-state index contributed by atoms with van der Waals surface area (Å²) in [5.41, 5.74) is 2.68. The number of H-pyrrole nitrogens is 1. The number of nitrogens with one attached hydrogen (secondary N) is 1. The zero-order chi connectivity index (χ0) is 22.2. The standard InChI is InChI=1S/C24H29N5O3/c1-15-12-28(13-16(2)29(15)17(3)30)23-6-4-5-22(27-23)21-11-26-24-20(21)9-19(10-25-24)32-18-7-8-31-14-18/h4-6,9-11,15-16,18H,7-8,12-14H2,1-3H3,(H,25,26)/t15-,16+,18?. The predicted octanol–water partition coefficient (Wildman–Crippen LogP) is 3.24. The van der Waals surface area contributed by atoms with Gasteiger partial charge in [0.05, 0.1) is 25.1 Å². The molecule has 32 heavy (non-hydrogen) atoms. The predicted molar refractivity (Wildman–Crippen MR) is 123 cm³/mol. The molecule has 0 aromatic carbocycles. The third-order valence-corrected chi connectivity index (χ3v) is 6.31. The van der Waals surface area contributed by atoms with Crippen molar-refractivity contribution in [2.45, 2.75) is 45.4 Å². The van der Waals surface area contributed by atoms with E-state index in [2.05, 4.69) is 28.7 Å². The fourth-order valence-electron chi connectivity index (χ4n) is 4.94. The van der Waals surface area contributed by atoms with Crippen LogP contribution in [-0.2, 0) is 9.53 Å². The Hall–Kier alpha value is -3.13. The lowest BCUT2D eigenvalue weighted by molar-refractivity contribution is -0.133. The van der Waals surface area contributed by atoms with Crippen molar-refractivity contribution in [3.05, 3.63) is 36.7 Å². The lowest BCUT2D eigenvalue weighted by Crippen LogP contribution is -2.58. The van der Waals surface area contributed by atoms with Crippen LogP contribution in [0.1, 0.15) is 27.2 Å². The summed E-state index contributed by atoms with van der Waals surface area (Å²) in [5, 5.41) is 0.981. The minimum atomic E-state index is 0.0794. The second-order valence-electron chi connectivity index (χ2n) is 8.78. The number of aromatic nitrogens is 3. The first-order valence-corrected chi connectivity index (χ1v) is 11.2. The number of carbonyl (C=O) groups excluding carboxylic acids is 1. The van der Waals surface area contributed by atoms with E-state index in [1.165, 1.54) is 0 Å². The zero-order valence-corrected chi connectivity index (χ0v) is 18.7. The molecule has 2 fully saturated rings. The number of hydrogen-bond donors (Lipinski definition) is 1. The number of aromatic amines is 1. The largest absolute Gasteiger partial charge is 0.486 e. The van der Waals surface area contributed by atoms with Gasteiger partial charge in [0.25, 0.3) is 0 Å². The highest BCUT2D eigenvalue weighted by Gasteiger charge is 2.31. The summed E-state index contributed by atoms with van der Waals surface area (Å²) in [7, 11) is 0. The van der Waals surface area contributed by atoms with E-state index in [1.807, 2.05) is 35.4 Å². The molecule has 3 aromatic rings. The Balaban J connectivity index is 1.42. The Morgan fingerprint density at radius 1 is 1.25 bits per heavy atom. The molecule has 0 radical (unpaired) electrons. The Labute approximate surface area is 187 Å². The maximum absolute atomic E-state index is 12.0. The van der Waals surface area contributed by atoms with Gasteiger partial charge in [-0.05, 0) is 32.0 Å². The molecule has 5 rings (SSSR count). The molecular weight excluding hydrogens is 406 g/mol. The monoisotopic (exact) mass is 435 g/mol. The van der Waals surface area contributed by atoms with Gasteiger partial charge < -0.3 is 24.3 Å². The first kappa shape index (κ1) is 20.8. The van der Waals surface area contributed by atoms with Gasteiger partial charge in [-0.3, -0.25) is 4.79 Å². The van der Waals surface area contributed by atoms with Crippen molar-refractivity contribution in [2.75, 3.05) is 31.2 Å². The molecule has 0 spiro atoms. The number of rotatable bonds is 4. The van der Waals surface area contributed by atoms with Crippen LogP contribution in [0.5, 0.6) is 5.75 Å². The smallest absolute Gasteiger partial charge is 0.220 e. The van der Waals surface area contributed by atoms with Gasteiger partial charge in [-0.15, -0.1) is 0 Å². The second-order valence-corrected chi connectivity index (χ2v) is 8.78. The number of ether oxygens (including phenoxy) is 2. The number of nitrogens with zero attached hydrogens (tertiary/aromatic N) is 4. The molecule has 1 unspecified atom stereocenters. The van der Waals surface area contributed by atoms with Crippen LogP contribution >= 0.6 is 0 Å². The van der Waals surface area contributed by atoms with Gasteiger partial charge in [0.15, 0.2) is 0 Å². The van der Waals surface area contributed by atoms with Crippen molar-refractivity contribution in [3.63, 3.8) is 0 Å². The number of piperazine rings is 1. The summed E-state index contributed by atoms with van der Waals surface area (Å²) >= 11 is 0. The van der Waals surface area contributed by atoms with Crippen LogP contribution in [0.3, 0.4) is 0 Å². The molecule has 2 saturated heterocycles. The van der Waals surface area contributed by atoms with Gasteiger partial charge in [-0.2, -0.15) is 0 Å². The van der Waals surface area contributed by atoms with Gasteiger partial charge in [0.2, 0.25) is 5.91 Å². The third kappa shape index (κ3) is 3.90. The van der Waals surface area contributed by atoms with Gasteiger partial charge >= 0.3 is 0 Å². The maximum atomic E-state index is 12.0. The van der Waals surface area contributed by atoms with Crippen LogP contribution in [0.15, 0.2) is 36.7 Å². The van der Waals surface area contributed by atoms with E-state index < -0.39 is 0 Å². The van der Waals surface area contributed by atoms with E-state index in [-0.39, 0.29) is 24.1 Å². The summed E-state index contributed by atoms with van der Waals surface area (Å²) in [4.78, 5) is 29.0. The highest BCUT2D eigenvalue weighted by atomic mass is 16.5. The summed E-state index contributed by atoms with van der Waals surface area (Å²) in [6, 6.07) is 8.39. The summed E-state index contributed by atoms with van der Waals surface area (Å²) < 4.78 is 11.5. The Morgan fingerprint density at radius 3 is 2.78 bits per heavy atom. The SMILES string of the molecule is CC(=O)N1[C@H](C)CN(c2cccc(-c3c[nH]c4ncc(OC5CCOC5)cc34)n2)C[C@@H]1C. The van der Waals surface area contributed by atoms with Crippen LogP contribution in [0.25, 0.3) is 22.3 Å². The summed E-state index contributed by atoms with van der Waals surface area (Å²) in [6.07, 6.45) is 4.68. The molecule has 3 atom stereocenters. The van der Waals surface area contributed by atoms with Gasteiger partial charge in [-0.25, -0.2) is 9.97 Å². The van der Waals surface area contributed by atoms with E-state index in [9.17, 15) is 4.79 Å². The number of amides is 1. The van der Waals surface area contributed by atoms with E-state index in [0.29, 0.717) is 6.61 Å². The fraction of sp³-hybridized carbons (Fsp3) is 0.458. The average Bonchev–Trinajstić information content (AvgIpc) is 3.42. The zero-order valence-electron chi connectivity index (χ0n) is 18.7. The maximum Gasteiger partial charge on any atom is 0.220 e. The average molecular weight is 436 g/mol. The van der Waals surface area contributed by atoms with Gasteiger partial charge in [0.1, 0.15) is 23.3 Å². The molecule has 0 bridgehead atoms. The first-order valence-electron chi connectivity index (χ1n) is 11.2. The van der Waals surface area contributed by atoms with Crippen molar-refractivity contribution >= 4 is 22.8 Å². The molecule has 3 aromatic heterocycles. The van der Waals surface area contributed by atoms with Crippen LogP contribution < -0.4 is 9.64 Å². The van der Waals surface area contributed by atoms with E-state index >= 15 is 0 Å². The van der Waals surface area contributed by atoms with Crippen molar-refractivity contribution in [3.8, 4) is 17.0 Å². The highest BCUT2D eigenvalue weighted by molar-refractivity contribution is 5.93. The van der Waals surface area contributed by atoms with Crippen molar-refractivity contribution in [1.82, 2.24) is 19.9 Å². The van der Waals surface area contributed by atoms with Crippen molar-refractivity contribution in [2.24, 2.45) is 0 Å². The number of fused-ring (bicyclic) bond motifs is 1. The van der Waals surface area contributed by atoms with Gasteiger partial charge in [0, 0.05) is 55.7 Å². The van der Waals surface area contributed by atoms with Crippen LogP contribution in [0, 0.1) is 0 Å². The number of hydrogen-bond acceptors (Lipinski definition) is 6. The molecule has 5 heterocycles. The normalized spacial score (nSPS) is 23.7. The van der Waals surface area contributed by atoms with E-state index in [0.717, 1.165) is 60.0 Å². The minimum Gasteiger partial charge on any atom is -0.486 e. The molecule has 168 valence electrons. The first-order chi connectivity index (χ1) is 15.5. The Bertz CT molecular complexity index is 1110. The molecule has 8 heteroatoms.